The number of nitrogens with zero attached hydrogens (tertiary/aromatic N) is 4. The van der Waals surface area contributed by atoms with Crippen LogP contribution in [0.25, 0.3) is 10.8 Å². The molecule has 2 aliphatic carbocycles. The SMILES string of the molecule is CCC(C)N(C(=O)O)[C@@H]1C(=O)N2[C@@H](C[C@@](C)(Oc3ncc(N4CCOCC4)c4ccccc34)C2(F)F)C(=O)N[C@]2(C(=O)NS(=O)(=O)C3(CF)CC3)C[C@H]2/C=C\CC[C@@H](C)C[C@H]1CC. The molecular weight excluding hydrogens is 846 g/mol. The number of alkyl halides is 3. The van der Waals surface area contributed by atoms with E-state index in [1.54, 1.807) is 57.2 Å². The molecule has 2 saturated carbocycles. The van der Waals surface area contributed by atoms with Crippen LogP contribution in [0, 0.1) is 17.8 Å². The number of carboxylic acid groups (broad SMARTS) is 1. The summed E-state index contributed by atoms with van der Waals surface area (Å²) in [5.41, 5.74) is -3.89. The lowest BCUT2D eigenvalue weighted by Crippen LogP contribution is -2.65. The molecule has 2 aromatic rings. The number of carbonyl (C=O) groups is 4. The van der Waals surface area contributed by atoms with Gasteiger partial charge in [-0.25, -0.2) is 22.6 Å². The van der Waals surface area contributed by atoms with Crippen molar-refractivity contribution in [3.63, 3.8) is 0 Å². The number of hydrogen-bond acceptors (Lipinski definition) is 10. The molecule has 4 fully saturated rings. The number of hydrogen-bond donors (Lipinski definition) is 3. The highest BCUT2D eigenvalue weighted by atomic mass is 32.2. The lowest BCUT2D eigenvalue weighted by molar-refractivity contribution is -0.219. The molecule has 7 rings (SSSR count). The number of carbonyl (C=O) groups excluding carboxylic acids is 3. The predicted molar refractivity (Wildman–Crippen MR) is 227 cm³/mol. The van der Waals surface area contributed by atoms with Crippen molar-refractivity contribution in [3.05, 3.63) is 42.6 Å². The second kappa shape index (κ2) is 17.4. The van der Waals surface area contributed by atoms with Gasteiger partial charge in [-0.05, 0) is 76.7 Å². The summed E-state index contributed by atoms with van der Waals surface area (Å²) in [6.07, 6.45) is 4.35. The maximum absolute atomic E-state index is 17.9. The number of allylic oxidation sites excluding steroid dienone is 1. The van der Waals surface area contributed by atoms with Crippen LogP contribution in [-0.2, 0) is 29.1 Å². The summed E-state index contributed by atoms with van der Waals surface area (Å²) < 4.78 is 88.4. The zero-order chi connectivity index (χ0) is 45.7. The Labute approximate surface area is 366 Å². The van der Waals surface area contributed by atoms with Crippen molar-refractivity contribution in [2.24, 2.45) is 17.8 Å². The molecule has 1 aromatic heterocycles. The molecule has 5 aliphatic rings. The lowest BCUT2D eigenvalue weighted by atomic mass is 9.83. The van der Waals surface area contributed by atoms with E-state index in [0.717, 1.165) is 17.5 Å². The number of amides is 4. The van der Waals surface area contributed by atoms with Crippen LogP contribution in [0.3, 0.4) is 0 Å². The minimum absolute atomic E-state index is 0.0101. The van der Waals surface area contributed by atoms with E-state index >= 15 is 13.6 Å². The van der Waals surface area contributed by atoms with Crippen molar-refractivity contribution in [1.29, 1.82) is 0 Å². The Balaban J connectivity index is 1.34. The molecule has 1 aromatic carbocycles. The molecule has 0 radical (unpaired) electrons. The standard InChI is InChI=1S/C44H59F3N6O9S/c1-6-28(4)52(40(57)58)35-29(7-2)22-27(3)12-8-9-13-30-23-43(30,39(56)50-63(59,60)42(26-45)16-17-42)49-36(54)33-24-41(5,44(46,47)53(33)38(35)55)62-37-32-15-11-10-14-31(32)34(25-48-37)51-18-20-61-21-19-51/h9-11,13-15,25,27-30,33,35H,6-8,12,16-24,26H2,1-5H3,(H,49,54)(H,50,56)(H,57,58)/b13-9-/t27-,28?,29-,30-,33+,35+,41-,43-/m1/s1. The topological polar surface area (TPSA) is 188 Å². The van der Waals surface area contributed by atoms with Crippen LogP contribution in [-0.4, -0.2) is 125 Å². The first-order chi connectivity index (χ1) is 29.8. The van der Waals surface area contributed by atoms with Gasteiger partial charge < -0.3 is 24.8 Å². The number of aromatic nitrogens is 1. The van der Waals surface area contributed by atoms with Gasteiger partial charge in [-0.15, -0.1) is 0 Å². The smallest absolute Gasteiger partial charge is 0.408 e. The number of rotatable bonds is 11. The van der Waals surface area contributed by atoms with Gasteiger partial charge in [0.1, 0.15) is 29.0 Å². The van der Waals surface area contributed by atoms with Gasteiger partial charge >= 0.3 is 12.1 Å². The van der Waals surface area contributed by atoms with E-state index in [1.807, 2.05) is 11.6 Å². The molecule has 0 spiro atoms. The minimum Gasteiger partial charge on any atom is -0.465 e. The molecule has 1 unspecified atom stereocenters. The summed E-state index contributed by atoms with van der Waals surface area (Å²) in [5, 5.41) is 14.3. The van der Waals surface area contributed by atoms with Crippen molar-refractivity contribution >= 4 is 50.3 Å². The third-order valence-corrected chi connectivity index (χ3v) is 16.2. The number of halogens is 3. The number of benzene rings is 1. The molecule has 8 atom stereocenters. The second-order valence-electron chi connectivity index (χ2n) is 18.3. The molecule has 4 heterocycles. The fourth-order valence-corrected chi connectivity index (χ4v) is 11.1. The highest BCUT2D eigenvalue weighted by molar-refractivity contribution is 7.91. The fourth-order valence-electron chi connectivity index (χ4n) is 9.62. The third-order valence-electron chi connectivity index (χ3n) is 14.1. The van der Waals surface area contributed by atoms with Crippen LogP contribution in [0.2, 0.25) is 0 Å². The van der Waals surface area contributed by atoms with E-state index in [0.29, 0.717) is 56.3 Å². The number of morpholine rings is 1. The van der Waals surface area contributed by atoms with E-state index < -0.39 is 98.8 Å². The normalized spacial score (nSPS) is 31.7. The van der Waals surface area contributed by atoms with Crippen molar-refractivity contribution in [3.8, 4) is 5.88 Å². The summed E-state index contributed by atoms with van der Waals surface area (Å²) >= 11 is 0. The Hall–Kier alpha value is -4.65. The maximum Gasteiger partial charge on any atom is 0.408 e. The van der Waals surface area contributed by atoms with E-state index in [9.17, 15) is 32.3 Å². The van der Waals surface area contributed by atoms with Gasteiger partial charge in [0, 0.05) is 42.2 Å². The average molecular weight is 905 g/mol. The highest BCUT2D eigenvalue weighted by Gasteiger charge is 2.71. The lowest BCUT2D eigenvalue weighted by Gasteiger charge is -2.43. The highest BCUT2D eigenvalue weighted by Crippen LogP contribution is 2.52. The quantitative estimate of drug-likeness (QED) is 0.184. The monoisotopic (exact) mass is 904 g/mol. The molecular formula is C44H59F3N6O9S. The van der Waals surface area contributed by atoms with Gasteiger partial charge in [0.2, 0.25) is 21.8 Å². The van der Waals surface area contributed by atoms with E-state index in [-0.39, 0.29) is 48.8 Å². The van der Waals surface area contributed by atoms with Crippen LogP contribution in [0.5, 0.6) is 5.88 Å². The number of pyridine rings is 1. The molecule has 3 N–H and O–H groups in total. The van der Waals surface area contributed by atoms with Gasteiger partial charge in [-0.3, -0.25) is 28.9 Å². The predicted octanol–water partition coefficient (Wildman–Crippen LogP) is 5.78. The number of fused-ring (bicyclic) bond motifs is 3. The Morgan fingerprint density at radius 2 is 1.81 bits per heavy atom. The van der Waals surface area contributed by atoms with Crippen molar-refractivity contribution in [1.82, 2.24) is 24.8 Å². The summed E-state index contributed by atoms with van der Waals surface area (Å²) in [7, 11) is -4.55. The minimum atomic E-state index is -4.55. The van der Waals surface area contributed by atoms with Crippen LogP contribution in [0.1, 0.15) is 92.4 Å². The Bertz CT molecular complexity index is 2240. The Morgan fingerprint density at radius 1 is 1.13 bits per heavy atom. The summed E-state index contributed by atoms with van der Waals surface area (Å²) in [5.74, 6) is -5.50. The van der Waals surface area contributed by atoms with Crippen molar-refractivity contribution < 1.29 is 55.3 Å². The molecule has 63 heavy (non-hydrogen) atoms. The van der Waals surface area contributed by atoms with E-state index in [4.69, 9.17) is 9.47 Å². The number of anilines is 1. The molecule has 19 heteroatoms. The van der Waals surface area contributed by atoms with Crippen LogP contribution < -0.4 is 19.7 Å². The summed E-state index contributed by atoms with van der Waals surface area (Å²) in [6.45, 7) is 8.92. The molecule has 0 bridgehead atoms. The first kappa shape index (κ1) is 46.3. The Morgan fingerprint density at radius 3 is 2.43 bits per heavy atom. The van der Waals surface area contributed by atoms with Crippen LogP contribution >= 0.6 is 0 Å². The van der Waals surface area contributed by atoms with Gasteiger partial charge in [0.15, 0.2) is 5.60 Å². The average Bonchev–Trinajstić information content (AvgIpc) is 4.18. The van der Waals surface area contributed by atoms with Gasteiger partial charge in [0.25, 0.3) is 11.8 Å². The zero-order valence-corrected chi connectivity index (χ0v) is 37.3. The number of nitrogens with one attached hydrogen (secondary N) is 2. The molecule has 2 saturated heterocycles. The van der Waals surface area contributed by atoms with Gasteiger partial charge in [-0.1, -0.05) is 57.5 Å². The third kappa shape index (κ3) is 8.32. The summed E-state index contributed by atoms with van der Waals surface area (Å²) in [4.78, 5) is 65.1. The molecule has 346 valence electrons. The first-order valence-corrected chi connectivity index (χ1v) is 23.5. The first-order valence-electron chi connectivity index (χ1n) is 22.0. The van der Waals surface area contributed by atoms with Crippen molar-refractivity contribution in [2.45, 2.75) is 132 Å². The largest absolute Gasteiger partial charge is 0.465 e. The fraction of sp³-hybridized carbons (Fsp3) is 0.659. The maximum atomic E-state index is 17.9. The Kier molecular flexibility index (Phi) is 12.8. The van der Waals surface area contributed by atoms with E-state index in [1.165, 1.54) is 6.20 Å². The van der Waals surface area contributed by atoms with Crippen LogP contribution in [0.15, 0.2) is 42.6 Å². The second-order valence-corrected chi connectivity index (χ2v) is 20.4. The van der Waals surface area contributed by atoms with Gasteiger partial charge in [0.05, 0.1) is 25.1 Å². The molecule has 4 amide bonds. The number of ether oxygens (including phenoxy) is 2. The van der Waals surface area contributed by atoms with Gasteiger partial charge in [-0.2, -0.15) is 8.78 Å². The molecule has 15 nitrogen and oxygen atoms in total. The van der Waals surface area contributed by atoms with Crippen molar-refractivity contribution in [2.75, 3.05) is 37.9 Å². The summed E-state index contributed by atoms with van der Waals surface area (Å²) in [6, 6.07) is -1.86. The van der Waals surface area contributed by atoms with E-state index in [2.05, 4.69) is 15.2 Å². The zero-order valence-electron chi connectivity index (χ0n) is 36.4. The molecule has 3 aliphatic heterocycles. The number of sulfonamides is 1. The van der Waals surface area contributed by atoms with Crippen LogP contribution in [0.4, 0.5) is 23.7 Å².